The van der Waals surface area contributed by atoms with Gasteiger partial charge in [0.05, 0.1) is 13.2 Å². The molecule has 1 fully saturated rings. The molecule has 0 amide bonds. The van der Waals surface area contributed by atoms with Crippen molar-refractivity contribution in [1.29, 1.82) is 0 Å². The van der Waals surface area contributed by atoms with E-state index in [4.69, 9.17) is 4.74 Å². The lowest BCUT2D eigenvalue weighted by atomic mass is 10.3. The third-order valence-corrected chi connectivity index (χ3v) is 3.12. The summed E-state index contributed by atoms with van der Waals surface area (Å²) in [7, 11) is 0. The maximum atomic E-state index is 5.39. The summed E-state index contributed by atoms with van der Waals surface area (Å²) in [6.45, 7) is 8.23. The zero-order chi connectivity index (χ0) is 9.52. The Morgan fingerprint density at radius 1 is 1.69 bits per heavy atom. The Labute approximate surface area is 85.1 Å². The number of rotatable bonds is 6. The van der Waals surface area contributed by atoms with Crippen LogP contribution in [0.1, 0.15) is 13.3 Å². The lowest BCUT2D eigenvalue weighted by molar-refractivity contribution is 0.156. The minimum atomic E-state index is 0.696. The first-order chi connectivity index (χ1) is 6.29. The van der Waals surface area contributed by atoms with Gasteiger partial charge in [0.15, 0.2) is 0 Å². The Balaban J connectivity index is 1.86. The third kappa shape index (κ3) is 5.34. The largest absolute Gasteiger partial charge is 0.376 e. The van der Waals surface area contributed by atoms with E-state index in [-0.39, 0.29) is 0 Å². The SMILES string of the molecule is C=C(C)COCCNC1CCSC1. The van der Waals surface area contributed by atoms with Gasteiger partial charge in [0, 0.05) is 18.3 Å². The van der Waals surface area contributed by atoms with Crippen LogP contribution in [0.25, 0.3) is 0 Å². The number of thioether (sulfide) groups is 1. The summed E-state index contributed by atoms with van der Waals surface area (Å²) in [5, 5.41) is 3.48. The summed E-state index contributed by atoms with van der Waals surface area (Å²) in [6, 6.07) is 0.721. The van der Waals surface area contributed by atoms with Crippen molar-refractivity contribution in [2.75, 3.05) is 31.3 Å². The van der Waals surface area contributed by atoms with Gasteiger partial charge in [-0.2, -0.15) is 11.8 Å². The van der Waals surface area contributed by atoms with Crippen molar-refractivity contribution in [3.8, 4) is 0 Å². The van der Waals surface area contributed by atoms with Crippen molar-refractivity contribution in [1.82, 2.24) is 5.32 Å². The monoisotopic (exact) mass is 201 g/mol. The second-order valence-corrected chi connectivity index (χ2v) is 4.67. The summed E-state index contributed by atoms with van der Waals surface area (Å²) in [5.74, 6) is 2.57. The van der Waals surface area contributed by atoms with Crippen LogP contribution in [0.2, 0.25) is 0 Å². The van der Waals surface area contributed by atoms with E-state index in [9.17, 15) is 0 Å². The normalized spacial score (nSPS) is 22.1. The van der Waals surface area contributed by atoms with Crippen molar-refractivity contribution in [3.05, 3.63) is 12.2 Å². The van der Waals surface area contributed by atoms with Gasteiger partial charge < -0.3 is 10.1 Å². The van der Waals surface area contributed by atoms with Crippen LogP contribution in [0.5, 0.6) is 0 Å². The molecule has 3 heteroatoms. The Kier molecular flexibility index (Phi) is 5.51. The van der Waals surface area contributed by atoms with Crippen molar-refractivity contribution < 1.29 is 4.74 Å². The summed E-state index contributed by atoms with van der Waals surface area (Å²) < 4.78 is 5.39. The van der Waals surface area contributed by atoms with Gasteiger partial charge in [-0.15, -0.1) is 0 Å². The zero-order valence-electron chi connectivity index (χ0n) is 8.34. The topological polar surface area (TPSA) is 21.3 Å². The van der Waals surface area contributed by atoms with Crippen LogP contribution in [0.4, 0.5) is 0 Å². The molecule has 1 rings (SSSR count). The lowest BCUT2D eigenvalue weighted by Gasteiger charge is -2.10. The summed E-state index contributed by atoms with van der Waals surface area (Å²) in [4.78, 5) is 0. The highest BCUT2D eigenvalue weighted by Gasteiger charge is 2.13. The molecule has 2 nitrogen and oxygen atoms in total. The minimum Gasteiger partial charge on any atom is -0.376 e. The van der Waals surface area contributed by atoms with E-state index in [1.54, 1.807) is 0 Å². The number of ether oxygens (including phenoxy) is 1. The van der Waals surface area contributed by atoms with Crippen molar-refractivity contribution in [2.24, 2.45) is 0 Å². The fraction of sp³-hybridized carbons (Fsp3) is 0.800. The van der Waals surface area contributed by atoms with Crippen molar-refractivity contribution >= 4 is 11.8 Å². The Morgan fingerprint density at radius 3 is 3.15 bits per heavy atom. The molecule has 1 unspecified atom stereocenters. The molecule has 1 heterocycles. The van der Waals surface area contributed by atoms with Gasteiger partial charge in [-0.3, -0.25) is 0 Å². The van der Waals surface area contributed by atoms with Crippen molar-refractivity contribution in [2.45, 2.75) is 19.4 Å². The first-order valence-electron chi connectivity index (χ1n) is 4.82. The number of hydrogen-bond donors (Lipinski definition) is 1. The van der Waals surface area contributed by atoms with Gasteiger partial charge in [-0.05, 0) is 19.1 Å². The van der Waals surface area contributed by atoms with E-state index < -0.39 is 0 Å². The highest BCUT2D eigenvalue weighted by atomic mass is 32.2. The highest BCUT2D eigenvalue weighted by molar-refractivity contribution is 7.99. The minimum absolute atomic E-state index is 0.696. The zero-order valence-corrected chi connectivity index (χ0v) is 9.16. The van der Waals surface area contributed by atoms with Gasteiger partial charge in [0.2, 0.25) is 0 Å². The average molecular weight is 201 g/mol. The van der Waals surface area contributed by atoms with E-state index >= 15 is 0 Å². The molecule has 1 aliphatic heterocycles. The molecule has 0 aromatic heterocycles. The molecule has 1 atom stereocenters. The molecule has 13 heavy (non-hydrogen) atoms. The predicted molar refractivity (Wildman–Crippen MR) is 59.4 cm³/mol. The van der Waals surface area contributed by atoms with Crippen LogP contribution in [0.15, 0.2) is 12.2 Å². The van der Waals surface area contributed by atoms with Crippen LogP contribution >= 0.6 is 11.8 Å². The lowest BCUT2D eigenvalue weighted by Crippen LogP contribution is -2.31. The Hall–Kier alpha value is 0.0100. The summed E-state index contributed by atoms with van der Waals surface area (Å²) >= 11 is 2.03. The maximum Gasteiger partial charge on any atom is 0.0672 e. The molecule has 0 aromatic rings. The smallest absolute Gasteiger partial charge is 0.0672 e. The second kappa shape index (κ2) is 6.46. The van der Waals surface area contributed by atoms with E-state index in [1.165, 1.54) is 17.9 Å². The summed E-state index contributed by atoms with van der Waals surface area (Å²) in [6.07, 6.45) is 1.31. The van der Waals surface area contributed by atoms with Crippen LogP contribution in [-0.2, 0) is 4.74 Å². The van der Waals surface area contributed by atoms with Crippen LogP contribution in [0, 0.1) is 0 Å². The molecule has 1 aliphatic rings. The predicted octanol–water partition coefficient (Wildman–Crippen LogP) is 1.67. The Bertz CT molecular complexity index is 155. The van der Waals surface area contributed by atoms with Gasteiger partial charge in [-0.25, -0.2) is 0 Å². The van der Waals surface area contributed by atoms with Gasteiger partial charge in [-0.1, -0.05) is 12.2 Å². The molecule has 76 valence electrons. The van der Waals surface area contributed by atoms with Crippen LogP contribution in [0.3, 0.4) is 0 Å². The highest BCUT2D eigenvalue weighted by Crippen LogP contribution is 2.16. The Morgan fingerprint density at radius 2 is 2.54 bits per heavy atom. The molecule has 0 bridgehead atoms. The molecule has 0 saturated carbocycles. The fourth-order valence-corrected chi connectivity index (χ4v) is 2.46. The van der Waals surface area contributed by atoms with E-state index in [1.807, 2.05) is 18.7 Å². The number of hydrogen-bond acceptors (Lipinski definition) is 3. The molecular formula is C10H19NOS. The van der Waals surface area contributed by atoms with Gasteiger partial charge in [0.25, 0.3) is 0 Å². The molecule has 0 aliphatic carbocycles. The first kappa shape index (κ1) is 11.1. The first-order valence-corrected chi connectivity index (χ1v) is 5.98. The molecule has 0 spiro atoms. The molecule has 1 N–H and O–H groups in total. The quantitative estimate of drug-likeness (QED) is 0.522. The van der Waals surface area contributed by atoms with Gasteiger partial charge >= 0.3 is 0 Å². The van der Waals surface area contributed by atoms with E-state index in [0.717, 1.165) is 24.8 Å². The molecular weight excluding hydrogens is 182 g/mol. The van der Waals surface area contributed by atoms with E-state index in [0.29, 0.717) is 6.61 Å². The van der Waals surface area contributed by atoms with Crippen LogP contribution in [-0.4, -0.2) is 37.3 Å². The standard InChI is InChI=1S/C10H19NOS/c1-9(2)7-12-5-4-11-10-3-6-13-8-10/h10-11H,1,3-8H2,2H3. The number of nitrogens with one attached hydrogen (secondary N) is 1. The van der Waals surface area contributed by atoms with Gasteiger partial charge in [0.1, 0.15) is 0 Å². The van der Waals surface area contributed by atoms with Crippen molar-refractivity contribution in [3.63, 3.8) is 0 Å². The molecule has 1 saturated heterocycles. The third-order valence-electron chi connectivity index (χ3n) is 1.96. The maximum absolute atomic E-state index is 5.39. The summed E-state index contributed by atoms with van der Waals surface area (Å²) in [5.41, 5.74) is 1.09. The molecule has 0 aromatic carbocycles. The van der Waals surface area contributed by atoms with Crippen LogP contribution < -0.4 is 5.32 Å². The second-order valence-electron chi connectivity index (χ2n) is 3.52. The molecule has 0 radical (unpaired) electrons. The van der Waals surface area contributed by atoms with E-state index in [2.05, 4.69) is 11.9 Å². The fourth-order valence-electron chi connectivity index (χ4n) is 1.28. The average Bonchev–Trinajstić information content (AvgIpc) is 2.55.